The van der Waals surface area contributed by atoms with Crippen molar-refractivity contribution in [3.8, 4) is 0 Å². The molecule has 0 amide bonds. The Bertz CT molecular complexity index is 178. The third-order valence-corrected chi connectivity index (χ3v) is 2.13. The van der Waals surface area contributed by atoms with Crippen molar-refractivity contribution < 1.29 is 9.47 Å². The molecule has 1 rings (SSSR count). The number of nitrogens with one attached hydrogen (secondary N) is 1. The molecule has 0 saturated carbocycles. The average molecular weight is 186 g/mol. The van der Waals surface area contributed by atoms with Gasteiger partial charge in [-0.05, 0) is 5.92 Å². The zero-order chi connectivity index (χ0) is 9.68. The summed E-state index contributed by atoms with van der Waals surface area (Å²) in [6.07, 6.45) is 0.860. The molecule has 1 heterocycles. The largest absolute Gasteiger partial charge is 0.369 e. The highest BCUT2D eigenvalue weighted by molar-refractivity contribution is 5.83. The molecule has 0 bridgehead atoms. The van der Waals surface area contributed by atoms with Gasteiger partial charge in [-0.1, -0.05) is 6.92 Å². The Morgan fingerprint density at radius 1 is 1.54 bits per heavy atom. The lowest BCUT2D eigenvalue weighted by Crippen LogP contribution is -2.33. The molecular formula is C9H18N2O2. The first-order valence-corrected chi connectivity index (χ1v) is 4.59. The van der Waals surface area contributed by atoms with Crippen LogP contribution in [0.25, 0.3) is 0 Å². The molecule has 0 saturated heterocycles. The molecule has 0 aromatic heterocycles. The molecule has 1 atom stereocenters. The van der Waals surface area contributed by atoms with Crippen LogP contribution >= 0.6 is 0 Å². The number of ether oxygens (including phenoxy) is 2. The van der Waals surface area contributed by atoms with E-state index < -0.39 is 0 Å². The number of hydrogen-bond acceptors (Lipinski definition) is 4. The Labute approximate surface area is 79.3 Å². The fourth-order valence-corrected chi connectivity index (χ4v) is 1.32. The van der Waals surface area contributed by atoms with Crippen LogP contribution in [0.1, 0.15) is 13.3 Å². The van der Waals surface area contributed by atoms with Gasteiger partial charge in [0.05, 0.1) is 12.4 Å². The van der Waals surface area contributed by atoms with Gasteiger partial charge in [0.25, 0.3) is 0 Å². The molecule has 1 unspecified atom stereocenters. The highest BCUT2D eigenvalue weighted by Gasteiger charge is 2.14. The van der Waals surface area contributed by atoms with Crippen LogP contribution < -0.4 is 5.32 Å². The highest BCUT2D eigenvalue weighted by atomic mass is 16.7. The molecule has 13 heavy (non-hydrogen) atoms. The fraction of sp³-hybridized carbons (Fsp3) is 0.889. The van der Waals surface area contributed by atoms with Crippen LogP contribution in [-0.2, 0) is 9.47 Å². The smallest absolute Gasteiger partial charge is 0.173 e. The summed E-state index contributed by atoms with van der Waals surface area (Å²) in [5.41, 5.74) is 0. The molecule has 4 heteroatoms. The predicted octanol–water partition coefficient (Wildman–Crippen LogP) is 0.633. The molecule has 0 radical (unpaired) electrons. The third-order valence-electron chi connectivity index (χ3n) is 2.13. The number of amidine groups is 1. The number of nitrogens with zero attached hydrogens (tertiary/aromatic N) is 1. The lowest BCUT2D eigenvalue weighted by atomic mass is 10.1. The highest BCUT2D eigenvalue weighted by Crippen LogP contribution is 2.10. The average Bonchev–Trinajstić information content (AvgIpc) is 2.53. The molecule has 1 aliphatic heterocycles. The maximum atomic E-state index is 5.05. The van der Waals surface area contributed by atoms with Crippen LogP contribution in [0.5, 0.6) is 0 Å². The first kappa shape index (κ1) is 10.5. The van der Waals surface area contributed by atoms with Crippen molar-refractivity contribution in [3.05, 3.63) is 0 Å². The van der Waals surface area contributed by atoms with Gasteiger partial charge in [0.15, 0.2) is 6.29 Å². The van der Waals surface area contributed by atoms with Crippen LogP contribution in [0.2, 0.25) is 0 Å². The van der Waals surface area contributed by atoms with Crippen molar-refractivity contribution in [2.45, 2.75) is 19.6 Å². The Kier molecular flexibility index (Phi) is 4.18. The Hall–Kier alpha value is -0.610. The standard InChI is InChI=1S/C9H18N2O2/c1-7-4-8(10-5-7)11-6-9(12-2)13-3/h7,9H,4-6H2,1-3H3,(H,10,11). The number of methoxy groups -OCH3 is 2. The summed E-state index contributed by atoms with van der Waals surface area (Å²) in [5, 5.41) is 3.21. The van der Waals surface area contributed by atoms with Gasteiger partial charge < -0.3 is 14.8 Å². The lowest BCUT2D eigenvalue weighted by Gasteiger charge is -2.14. The van der Waals surface area contributed by atoms with E-state index in [-0.39, 0.29) is 6.29 Å². The van der Waals surface area contributed by atoms with Gasteiger partial charge in [0, 0.05) is 27.2 Å². The van der Waals surface area contributed by atoms with E-state index in [0.29, 0.717) is 12.5 Å². The summed E-state index contributed by atoms with van der Waals surface area (Å²) in [4.78, 5) is 4.35. The molecule has 0 aromatic carbocycles. The summed E-state index contributed by atoms with van der Waals surface area (Å²) in [7, 11) is 3.27. The summed E-state index contributed by atoms with van der Waals surface area (Å²) in [6.45, 7) is 3.80. The summed E-state index contributed by atoms with van der Waals surface area (Å²) < 4.78 is 10.1. The normalized spacial score (nSPS) is 22.2. The van der Waals surface area contributed by atoms with Crippen molar-refractivity contribution in [1.29, 1.82) is 0 Å². The molecule has 4 nitrogen and oxygen atoms in total. The quantitative estimate of drug-likeness (QED) is 0.655. The molecule has 1 aliphatic rings. The summed E-state index contributed by atoms with van der Waals surface area (Å²) in [5.74, 6) is 1.75. The van der Waals surface area contributed by atoms with Gasteiger partial charge in [-0.15, -0.1) is 0 Å². The van der Waals surface area contributed by atoms with Gasteiger partial charge in [-0.25, -0.2) is 0 Å². The Morgan fingerprint density at radius 3 is 2.69 bits per heavy atom. The molecule has 0 spiro atoms. The van der Waals surface area contributed by atoms with Gasteiger partial charge in [0.1, 0.15) is 0 Å². The van der Waals surface area contributed by atoms with Gasteiger partial charge in [-0.3, -0.25) is 4.99 Å². The van der Waals surface area contributed by atoms with Crippen molar-refractivity contribution in [3.63, 3.8) is 0 Å². The van der Waals surface area contributed by atoms with Crippen molar-refractivity contribution in [1.82, 2.24) is 5.32 Å². The molecule has 0 aliphatic carbocycles. The monoisotopic (exact) mass is 186 g/mol. The lowest BCUT2D eigenvalue weighted by molar-refractivity contribution is -0.0965. The van der Waals surface area contributed by atoms with E-state index in [9.17, 15) is 0 Å². The predicted molar refractivity (Wildman–Crippen MR) is 51.9 cm³/mol. The van der Waals surface area contributed by atoms with Crippen LogP contribution in [0.15, 0.2) is 4.99 Å². The third kappa shape index (κ3) is 3.32. The second-order valence-corrected chi connectivity index (χ2v) is 3.38. The van der Waals surface area contributed by atoms with Crippen molar-refractivity contribution in [2.75, 3.05) is 27.3 Å². The number of aliphatic imine (C=N–C) groups is 1. The van der Waals surface area contributed by atoms with Crippen LogP contribution in [0, 0.1) is 5.92 Å². The summed E-state index contributed by atoms with van der Waals surface area (Å²) in [6, 6.07) is 0. The van der Waals surface area contributed by atoms with E-state index in [0.717, 1.165) is 18.8 Å². The summed E-state index contributed by atoms with van der Waals surface area (Å²) >= 11 is 0. The van der Waals surface area contributed by atoms with E-state index in [1.807, 2.05) is 0 Å². The van der Waals surface area contributed by atoms with Crippen molar-refractivity contribution in [2.24, 2.45) is 10.9 Å². The van der Waals surface area contributed by atoms with Crippen LogP contribution in [0.3, 0.4) is 0 Å². The minimum absolute atomic E-state index is 0.182. The SMILES string of the molecule is COC(CNC1=NCC(C)C1)OC. The van der Waals surface area contributed by atoms with Crippen LogP contribution in [-0.4, -0.2) is 39.4 Å². The first-order chi connectivity index (χ1) is 6.26. The maximum Gasteiger partial charge on any atom is 0.173 e. The molecule has 0 fully saturated rings. The molecule has 0 aromatic rings. The van der Waals surface area contributed by atoms with E-state index in [2.05, 4.69) is 17.2 Å². The second-order valence-electron chi connectivity index (χ2n) is 3.38. The van der Waals surface area contributed by atoms with E-state index in [1.54, 1.807) is 14.2 Å². The topological polar surface area (TPSA) is 42.8 Å². The Morgan fingerprint density at radius 2 is 2.23 bits per heavy atom. The van der Waals surface area contributed by atoms with E-state index in [4.69, 9.17) is 9.47 Å². The van der Waals surface area contributed by atoms with E-state index >= 15 is 0 Å². The van der Waals surface area contributed by atoms with E-state index in [1.165, 1.54) is 0 Å². The second kappa shape index (κ2) is 5.19. The fourth-order valence-electron chi connectivity index (χ4n) is 1.32. The maximum absolute atomic E-state index is 5.05. The zero-order valence-electron chi connectivity index (χ0n) is 8.54. The minimum Gasteiger partial charge on any atom is -0.369 e. The molecule has 1 N–H and O–H groups in total. The van der Waals surface area contributed by atoms with Crippen LogP contribution in [0.4, 0.5) is 0 Å². The van der Waals surface area contributed by atoms with Crippen molar-refractivity contribution >= 4 is 5.84 Å². The van der Waals surface area contributed by atoms with Gasteiger partial charge >= 0.3 is 0 Å². The number of hydrogen-bond donors (Lipinski definition) is 1. The van der Waals surface area contributed by atoms with Gasteiger partial charge in [0.2, 0.25) is 0 Å². The minimum atomic E-state index is -0.182. The number of rotatable bonds is 4. The zero-order valence-corrected chi connectivity index (χ0v) is 8.54. The molecular weight excluding hydrogens is 168 g/mol. The van der Waals surface area contributed by atoms with Gasteiger partial charge in [-0.2, -0.15) is 0 Å². The first-order valence-electron chi connectivity index (χ1n) is 4.59. The Balaban J connectivity index is 2.18. The molecule has 76 valence electrons.